The van der Waals surface area contributed by atoms with Crippen molar-refractivity contribution in [1.29, 1.82) is 5.26 Å². The summed E-state index contributed by atoms with van der Waals surface area (Å²) in [5.74, 6) is 1.03. The fourth-order valence-electron chi connectivity index (χ4n) is 4.81. The van der Waals surface area contributed by atoms with Crippen LogP contribution in [0.1, 0.15) is 36.1 Å². The lowest BCUT2D eigenvalue weighted by Gasteiger charge is -2.25. The molecule has 4 atom stereocenters. The molecular formula is C22H23BrN6O2. The van der Waals surface area contributed by atoms with Crippen LogP contribution in [0.25, 0.3) is 11.0 Å². The van der Waals surface area contributed by atoms with Gasteiger partial charge in [-0.25, -0.2) is 9.97 Å². The Hall–Kier alpha value is -2.67. The lowest BCUT2D eigenvalue weighted by atomic mass is 9.97. The SMILES string of the molecule is C[C@H]1[C@@H](O)[C@H](n2cc(Br)c3c(N)ncnc32)C[C@@H]1Oc1cc(C#N)cc2c1CNCC2. The zero-order valence-electron chi connectivity index (χ0n) is 17.0. The Balaban J connectivity index is 1.48. The lowest BCUT2D eigenvalue weighted by molar-refractivity contribution is 0.0743. The van der Waals surface area contributed by atoms with Crippen LogP contribution in [0, 0.1) is 17.2 Å². The molecule has 0 amide bonds. The fraction of sp³-hybridized carbons (Fsp3) is 0.409. The third-order valence-electron chi connectivity index (χ3n) is 6.52. The number of nitrogens with two attached hydrogens (primary N) is 1. The highest BCUT2D eigenvalue weighted by molar-refractivity contribution is 9.10. The maximum Gasteiger partial charge on any atom is 0.146 e. The first kappa shape index (κ1) is 20.2. The van der Waals surface area contributed by atoms with Crippen molar-refractivity contribution >= 4 is 32.8 Å². The summed E-state index contributed by atoms with van der Waals surface area (Å²) in [5.41, 5.74) is 9.58. The second-order valence-corrected chi connectivity index (χ2v) is 9.16. The fourth-order valence-corrected chi connectivity index (χ4v) is 5.41. The molecule has 0 radical (unpaired) electrons. The van der Waals surface area contributed by atoms with Crippen molar-refractivity contribution in [1.82, 2.24) is 19.9 Å². The number of aromatic nitrogens is 3. The highest BCUT2D eigenvalue weighted by atomic mass is 79.9. The van der Waals surface area contributed by atoms with Gasteiger partial charge in [0.15, 0.2) is 0 Å². The van der Waals surface area contributed by atoms with Gasteiger partial charge in [0.05, 0.1) is 29.2 Å². The zero-order valence-corrected chi connectivity index (χ0v) is 18.6. The largest absolute Gasteiger partial charge is 0.490 e. The van der Waals surface area contributed by atoms with Crippen LogP contribution in [0.4, 0.5) is 5.82 Å². The second kappa shape index (κ2) is 7.79. The van der Waals surface area contributed by atoms with Gasteiger partial charge in [-0.15, -0.1) is 0 Å². The van der Waals surface area contributed by atoms with Gasteiger partial charge in [0.1, 0.15) is 29.6 Å². The first-order chi connectivity index (χ1) is 15.0. The summed E-state index contributed by atoms with van der Waals surface area (Å²) >= 11 is 3.55. The number of aliphatic hydroxyl groups is 1. The molecule has 2 aliphatic rings. The molecule has 3 aromatic rings. The molecule has 4 N–H and O–H groups in total. The molecule has 9 heteroatoms. The maximum atomic E-state index is 11.1. The molecule has 2 aromatic heterocycles. The Morgan fingerprint density at radius 1 is 1.39 bits per heavy atom. The molecule has 0 unspecified atom stereocenters. The number of nitrogens with zero attached hydrogens (tertiary/aromatic N) is 4. The molecule has 1 fully saturated rings. The standard InChI is InChI=1S/C22H23BrN6O2/c1-11-17(31-18-5-12(7-24)4-13-2-3-26-8-14(13)18)6-16(20(11)30)29-9-15(23)19-21(25)27-10-28-22(19)29/h4-5,9-11,16-17,20,26,30H,2-3,6,8H2,1H3,(H2,25,27,28)/t11-,16-,17+,20-/m1/s1. The number of benzene rings is 1. The van der Waals surface area contributed by atoms with Crippen LogP contribution in [0.3, 0.4) is 0 Å². The van der Waals surface area contributed by atoms with E-state index in [9.17, 15) is 10.4 Å². The van der Waals surface area contributed by atoms with Gasteiger partial charge in [-0.3, -0.25) is 0 Å². The average molecular weight is 483 g/mol. The Kier molecular flexibility index (Phi) is 5.08. The number of fused-ring (bicyclic) bond motifs is 2. The first-order valence-electron chi connectivity index (χ1n) is 10.4. The monoisotopic (exact) mass is 482 g/mol. The maximum absolute atomic E-state index is 11.1. The topological polar surface area (TPSA) is 122 Å². The zero-order chi connectivity index (χ0) is 21.7. The summed E-state index contributed by atoms with van der Waals surface area (Å²) in [7, 11) is 0. The molecule has 1 aliphatic heterocycles. The Bertz CT molecular complexity index is 1200. The van der Waals surface area contributed by atoms with Gasteiger partial charge in [-0.2, -0.15) is 5.26 Å². The summed E-state index contributed by atoms with van der Waals surface area (Å²) < 4.78 is 9.22. The van der Waals surface area contributed by atoms with Crippen molar-refractivity contribution in [2.75, 3.05) is 12.3 Å². The van der Waals surface area contributed by atoms with E-state index in [0.29, 0.717) is 23.4 Å². The van der Waals surface area contributed by atoms with E-state index in [1.165, 1.54) is 6.33 Å². The number of anilines is 1. The predicted molar refractivity (Wildman–Crippen MR) is 119 cm³/mol. The van der Waals surface area contributed by atoms with Crippen molar-refractivity contribution < 1.29 is 9.84 Å². The van der Waals surface area contributed by atoms with E-state index in [0.717, 1.165) is 46.2 Å². The van der Waals surface area contributed by atoms with Gasteiger partial charge in [0.2, 0.25) is 0 Å². The highest BCUT2D eigenvalue weighted by Gasteiger charge is 2.43. The molecule has 31 heavy (non-hydrogen) atoms. The van der Waals surface area contributed by atoms with Crippen molar-refractivity contribution in [3.63, 3.8) is 0 Å². The van der Waals surface area contributed by atoms with Crippen molar-refractivity contribution in [2.24, 2.45) is 5.92 Å². The molecule has 0 bridgehead atoms. The van der Waals surface area contributed by atoms with Gasteiger partial charge in [-0.05, 0) is 46.6 Å². The highest BCUT2D eigenvalue weighted by Crippen LogP contribution is 2.42. The van der Waals surface area contributed by atoms with E-state index < -0.39 is 6.10 Å². The van der Waals surface area contributed by atoms with Crippen LogP contribution in [-0.4, -0.2) is 38.4 Å². The predicted octanol–water partition coefficient (Wildman–Crippen LogP) is 2.68. The van der Waals surface area contributed by atoms with Crippen LogP contribution in [0.2, 0.25) is 0 Å². The van der Waals surface area contributed by atoms with E-state index in [2.05, 4.69) is 37.3 Å². The minimum Gasteiger partial charge on any atom is -0.490 e. The minimum atomic E-state index is -0.614. The smallest absolute Gasteiger partial charge is 0.146 e. The van der Waals surface area contributed by atoms with E-state index >= 15 is 0 Å². The Morgan fingerprint density at radius 2 is 2.23 bits per heavy atom. The molecule has 0 saturated heterocycles. The third kappa shape index (κ3) is 3.35. The van der Waals surface area contributed by atoms with Crippen LogP contribution in [-0.2, 0) is 13.0 Å². The number of nitrogens with one attached hydrogen (secondary N) is 1. The number of aliphatic hydroxyl groups excluding tert-OH is 1. The van der Waals surface area contributed by atoms with Crippen molar-refractivity contribution in [3.8, 4) is 11.8 Å². The van der Waals surface area contributed by atoms with Gasteiger partial charge < -0.3 is 25.5 Å². The normalized spacial score (nSPS) is 25.4. The molecule has 0 spiro atoms. The van der Waals surface area contributed by atoms with Crippen LogP contribution >= 0.6 is 15.9 Å². The van der Waals surface area contributed by atoms with E-state index in [1.54, 1.807) is 0 Å². The summed E-state index contributed by atoms with van der Waals surface area (Å²) in [4.78, 5) is 8.48. The molecule has 1 saturated carbocycles. The molecular weight excluding hydrogens is 460 g/mol. The lowest BCUT2D eigenvalue weighted by Crippen LogP contribution is -2.28. The summed E-state index contributed by atoms with van der Waals surface area (Å²) in [5, 5.41) is 24.6. The quantitative estimate of drug-likeness (QED) is 0.524. The van der Waals surface area contributed by atoms with Crippen LogP contribution in [0.15, 0.2) is 29.1 Å². The first-order valence-corrected chi connectivity index (χ1v) is 11.1. The third-order valence-corrected chi connectivity index (χ3v) is 7.13. The van der Waals surface area contributed by atoms with Gasteiger partial charge in [0, 0.05) is 35.1 Å². The Labute approximate surface area is 188 Å². The molecule has 3 heterocycles. The molecule has 1 aromatic carbocycles. The second-order valence-electron chi connectivity index (χ2n) is 8.30. The van der Waals surface area contributed by atoms with Gasteiger partial charge >= 0.3 is 0 Å². The van der Waals surface area contributed by atoms with Crippen molar-refractivity contribution in [2.45, 2.75) is 44.6 Å². The van der Waals surface area contributed by atoms with E-state index in [-0.39, 0.29) is 18.1 Å². The van der Waals surface area contributed by atoms with E-state index in [4.69, 9.17) is 10.5 Å². The van der Waals surface area contributed by atoms with Gasteiger partial charge in [-0.1, -0.05) is 6.92 Å². The summed E-state index contributed by atoms with van der Waals surface area (Å²) in [6.45, 7) is 3.61. The molecule has 8 nitrogen and oxygen atoms in total. The number of hydrogen-bond donors (Lipinski definition) is 3. The summed E-state index contributed by atoms with van der Waals surface area (Å²) in [6, 6.07) is 5.79. The van der Waals surface area contributed by atoms with Gasteiger partial charge in [0.25, 0.3) is 0 Å². The van der Waals surface area contributed by atoms with Crippen LogP contribution in [0.5, 0.6) is 5.75 Å². The number of nitrogen functional groups attached to an aromatic ring is 1. The number of ether oxygens (including phenoxy) is 1. The molecule has 5 rings (SSSR count). The number of halogens is 1. The van der Waals surface area contributed by atoms with E-state index in [1.807, 2.05) is 29.8 Å². The Morgan fingerprint density at radius 3 is 3.03 bits per heavy atom. The number of nitriles is 1. The molecule has 160 valence electrons. The summed E-state index contributed by atoms with van der Waals surface area (Å²) in [6.07, 6.45) is 4.01. The minimum absolute atomic E-state index is 0.0987. The number of rotatable bonds is 3. The average Bonchev–Trinajstić information content (AvgIpc) is 3.25. The van der Waals surface area contributed by atoms with Crippen LogP contribution < -0.4 is 15.8 Å². The molecule has 1 aliphatic carbocycles. The van der Waals surface area contributed by atoms with Crippen molar-refractivity contribution in [3.05, 3.63) is 45.8 Å². The number of hydrogen-bond acceptors (Lipinski definition) is 7.